The highest BCUT2D eigenvalue weighted by Gasteiger charge is 2.15. The molecule has 0 bridgehead atoms. The molecule has 0 saturated carbocycles. The van der Waals surface area contributed by atoms with Gasteiger partial charge in [-0.25, -0.2) is 0 Å². The zero-order valence-electron chi connectivity index (χ0n) is 16.9. The van der Waals surface area contributed by atoms with Crippen molar-refractivity contribution in [1.29, 1.82) is 0 Å². The third-order valence-electron chi connectivity index (χ3n) is 4.97. The first-order chi connectivity index (χ1) is 14.4. The second-order valence-corrected chi connectivity index (χ2v) is 7.39. The Morgan fingerprint density at radius 2 is 1.20 bits per heavy atom. The van der Waals surface area contributed by atoms with E-state index in [1.54, 1.807) is 12.1 Å². The SMILES string of the molecule is Nc1ccc(CC(Cc2ccc(N)cc2N)Nc2ccc(NCCO)cc2)c(N)c1. The summed E-state index contributed by atoms with van der Waals surface area (Å²) in [5, 5.41) is 15.7. The summed E-state index contributed by atoms with van der Waals surface area (Å²) >= 11 is 0. The molecule has 0 radical (unpaired) electrons. The maximum Gasteiger partial charge on any atom is 0.0604 e. The first kappa shape index (κ1) is 21.1. The molecule has 3 aromatic carbocycles. The number of aliphatic hydroxyl groups is 1. The van der Waals surface area contributed by atoms with Crippen molar-refractivity contribution in [2.75, 3.05) is 46.7 Å². The molecule has 11 N–H and O–H groups in total. The number of anilines is 6. The number of aliphatic hydroxyl groups excluding tert-OH is 1. The summed E-state index contributed by atoms with van der Waals surface area (Å²) in [6.45, 7) is 0.607. The fraction of sp³-hybridized carbons (Fsp3) is 0.217. The van der Waals surface area contributed by atoms with Crippen molar-refractivity contribution in [3.8, 4) is 0 Å². The molecule has 7 nitrogen and oxygen atoms in total. The molecular weight excluding hydrogens is 376 g/mol. The Labute approximate surface area is 177 Å². The van der Waals surface area contributed by atoms with E-state index in [4.69, 9.17) is 28.0 Å². The zero-order chi connectivity index (χ0) is 21.5. The molecule has 158 valence electrons. The quantitative estimate of drug-likeness (QED) is 0.270. The van der Waals surface area contributed by atoms with Crippen molar-refractivity contribution in [2.45, 2.75) is 18.9 Å². The Bertz CT molecular complexity index is 920. The van der Waals surface area contributed by atoms with Gasteiger partial charge < -0.3 is 38.7 Å². The standard InChI is InChI=1S/C23H30N6O/c24-17-3-1-15(22(26)13-17)11-21(12-16-2-4-18(25)14-23(16)27)29-20-7-5-19(6-8-20)28-9-10-30/h1-8,13-14,21,28-30H,9-12,24-27H2. The van der Waals surface area contributed by atoms with Gasteiger partial charge >= 0.3 is 0 Å². The molecular formula is C23H30N6O. The summed E-state index contributed by atoms with van der Waals surface area (Å²) in [5.41, 5.74) is 30.7. The molecule has 0 amide bonds. The van der Waals surface area contributed by atoms with Crippen LogP contribution in [0.1, 0.15) is 11.1 Å². The Hall–Kier alpha value is -3.58. The van der Waals surface area contributed by atoms with Gasteiger partial charge in [-0.05, 0) is 72.5 Å². The lowest BCUT2D eigenvalue weighted by Crippen LogP contribution is -2.26. The minimum Gasteiger partial charge on any atom is -0.399 e. The molecule has 30 heavy (non-hydrogen) atoms. The van der Waals surface area contributed by atoms with Crippen LogP contribution in [-0.2, 0) is 12.8 Å². The second kappa shape index (κ2) is 9.76. The van der Waals surface area contributed by atoms with Gasteiger partial charge in [-0.2, -0.15) is 0 Å². The minimum absolute atomic E-state index is 0.0538. The van der Waals surface area contributed by atoms with Crippen LogP contribution >= 0.6 is 0 Å². The predicted octanol–water partition coefficient (Wildman–Crippen LogP) is 2.69. The average molecular weight is 407 g/mol. The maximum atomic E-state index is 8.95. The lowest BCUT2D eigenvalue weighted by molar-refractivity contribution is 0.311. The van der Waals surface area contributed by atoms with Crippen molar-refractivity contribution >= 4 is 34.1 Å². The minimum atomic E-state index is 0.0538. The van der Waals surface area contributed by atoms with E-state index in [1.165, 1.54) is 0 Å². The lowest BCUT2D eigenvalue weighted by Gasteiger charge is -2.22. The lowest BCUT2D eigenvalue weighted by atomic mass is 9.96. The molecule has 0 unspecified atom stereocenters. The fourth-order valence-electron chi connectivity index (χ4n) is 3.42. The van der Waals surface area contributed by atoms with Gasteiger partial charge in [0.15, 0.2) is 0 Å². The smallest absolute Gasteiger partial charge is 0.0604 e. The molecule has 0 aliphatic rings. The number of benzene rings is 3. The van der Waals surface area contributed by atoms with Crippen LogP contribution in [0.2, 0.25) is 0 Å². The summed E-state index contributed by atoms with van der Waals surface area (Å²) in [4.78, 5) is 0. The highest BCUT2D eigenvalue weighted by Crippen LogP contribution is 2.24. The second-order valence-electron chi connectivity index (χ2n) is 7.39. The number of rotatable bonds is 9. The Balaban J connectivity index is 1.80. The molecule has 0 atom stereocenters. The first-order valence-corrected chi connectivity index (χ1v) is 9.93. The normalized spacial score (nSPS) is 10.9. The molecule has 0 saturated heterocycles. The van der Waals surface area contributed by atoms with Crippen LogP contribution < -0.4 is 33.6 Å². The highest BCUT2D eigenvalue weighted by molar-refractivity contribution is 5.60. The van der Waals surface area contributed by atoms with E-state index in [-0.39, 0.29) is 12.6 Å². The van der Waals surface area contributed by atoms with Gasteiger partial charge in [0.05, 0.1) is 6.61 Å². The molecule has 0 aliphatic carbocycles. The molecule has 7 heteroatoms. The van der Waals surface area contributed by atoms with Crippen LogP contribution in [0.3, 0.4) is 0 Å². The Morgan fingerprint density at radius 1 is 0.700 bits per heavy atom. The topological polar surface area (TPSA) is 148 Å². The molecule has 0 aromatic heterocycles. The van der Waals surface area contributed by atoms with Crippen LogP contribution in [0.25, 0.3) is 0 Å². The van der Waals surface area contributed by atoms with Crippen molar-refractivity contribution in [2.24, 2.45) is 0 Å². The van der Waals surface area contributed by atoms with E-state index < -0.39 is 0 Å². The fourth-order valence-corrected chi connectivity index (χ4v) is 3.42. The van der Waals surface area contributed by atoms with Crippen molar-refractivity contribution in [1.82, 2.24) is 0 Å². The van der Waals surface area contributed by atoms with Gasteiger partial charge in [-0.3, -0.25) is 0 Å². The molecule has 0 fully saturated rings. The summed E-state index contributed by atoms with van der Waals surface area (Å²) < 4.78 is 0. The predicted molar refractivity (Wildman–Crippen MR) is 127 cm³/mol. The van der Waals surface area contributed by atoms with Crippen molar-refractivity contribution < 1.29 is 5.11 Å². The van der Waals surface area contributed by atoms with Crippen LogP contribution in [0.15, 0.2) is 60.7 Å². The molecule has 0 spiro atoms. The van der Waals surface area contributed by atoms with Crippen molar-refractivity contribution in [3.05, 3.63) is 71.8 Å². The van der Waals surface area contributed by atoms with E-state index in [0.717, 1.165) is 22.5 Å². The average Bonchev–Trinajstić information content (AvgIpc) is 2.71. The molecule has 3 rings (SSSR count). The monoisotopic (exact) mass is 406 g/mol. The molecule has 0 heterocycles. The van der Waals surface area contributed by atoms with Gasteiger partial charge in [0.25, 0.3) is 0 Å². The highest BCUT2D eigenvalue weighted by atomic mass is 16.3. The van der Waals surface area contributed by atoms with Crippen LogP contribution in [0.4, 0.5) is 34.1 Å². The molecule has 3 aromatic rings. The van der Waals surface area contributed by atoms with Crippen molar-refractivity contribution in [3.63, 3.8) is 0 Å². The number of nitrogen functional groups attached to an aromatic ring is 4. The summed E-state index contributed by atoms with van der Waals surface area (Å²) in [6.07, 6.45) is 1.42. The van der Waals surface area contributed by atoms with Gasteiger partial charge in [-0.1, -0.05) is 12.1 Å². The van der Waals surface area contributed by atoms with Crippen LogP contribution in [-0.4, -0.2) is 24.3 Å². The Kier molecular flexibility index (Phi) is 6.87. The van der Waals surface area contributed by atoms with E-state index in [2.05, 4.69) is 10.6 Å². The van der Waals surface area contributed by atoms with E-state index in [1.807, 2.05) is 48.5 Å². The number of hydrogen-bond donors (Lipinski definition) is 7. The largest absolute Gasteiger partial charge is 0.399 e. The summed E-state index contributed by atoms with van der Waals surface area (Å²) in [7, 11) is 0. The van der Waals surface area contributed by atoms with Gasteiger partial charge in [0.2, 0.25) is 0 Å². The van der Waals surface area contributed by atoms with Gasteiger partial charge in [0.1, 0.15) is 0 Å². The number of nitrogens with one attached hydrogen (secondary N) is 2. The Morgan fingerprint density at radius 3 is 1.67 bits per heavy atom. The number of nitrogens with two attached hydrogens (primary N) is 4. The summed E-state index contributed by atoms with van der Waals surface area (Å²) in [5.74, 6) is 0. The van der Waals surface area contributed by atoms with Gasteiger partial charge in [0, 0.05) is 46.7 Å². The van der Waals surface area contributed by atoms with Crippen LogP contribution in [0, 0.1) is 0 Å². The zero-order valence-corrected chi connectivity index (χ0v) is 16.9. The van der Waals surface area contributed by atoms with E-state index >= 15 is 0 Å². The third-order valence-corrected chi connectivity index (χ3v) is 4.97. The first-order valence-electron chi connectivity index (χ1n) is 9.93. The van der Waals surface area contributed by atoms with Gasteiger partial charge in [-0.15, -0.1) is 0 Å². The number of hydrogen-bond acceptors (Lipinski definition) is 7. The van der Waals surface area contributed by atoms with Crippen LogP contribution in [0.5, 0.6) is 0 Å². The van der Waals surface area contributed by atoms with E-state index in [0.29, 0.717) is 42.1 Å². The van der Waals surface area contributed by atoms with E-state index in [9.17, 15) is 0 Å². The summed E-state index contributed by atoms with van der Waals surface area (Å²) in [6, 6.07) is 19.2. The molecule has 0 aliphatic heterocycles. The maximum absolute atomic E-state index is 8.95. The third kappa shape index (κ3) is 5.71.